The molecule has 0 fully saturated rings. The Bertz CT molecular complexity index is 1000. The SMILES string of the molecule is CCN(CC)S(=O)(=O)c1cc(C(=O)O[C@@H](C)C(=O)Nc2cc(C)on2)ccc1Cl. The number of hydrogen-bond acceptors (Lipinski definition) is 7. The van der Waals surface area contributed by atoms with E-state index >= 15 is 0 Å². The first-order valence-electron chi connectivity index (χ1n) is 8.85. The summed E-state index contributed by atoms with van der Waals surface area (Å²) < 4.78 is 36.7. The summed E-state index contributed by atoms with van der Waals surface area (Å²) in [4.78, 5) is 24.4. The van der Waals surface area contributed by atoms with Crippen LogP contribution in [0.1, 0.15) is 36.9 Å². The van der Waals surface area contributed by atoms with Crippen molar-refractivity contribution in [1.29, 1.82) is 0 Å². The van der Waals surface area contributed by atoms with Gasteiger partial charge in [-0.1, -0.05) is 30.6 Å². The van der Waals surface area contributed by atoms with E-state index in [2.05, 4.69) is 10.5 Å². The van der Waals surface area contributed by atoms with Gasteiger partial charge in [0.25, 0.3) is 5.91 Å². The molecule has 9 nitrogen and oxygen atoms in total. The zero-order valence-corrected chi connectivity index (χ0v) is 18.0. The van der Waals surface area contributed by atoms with Gasteiger partial charge in [0.1, 0.15) is 10.7 Å². The Morgan fingerprint density at radius 1 is 1.28 bits per heavy atom. The molecule has 0 radical (unpaired) electrons. The monoisotopic (exact) mass is 443 g/mol. The average molecular weight is 444 g/mol. The number of aryl methyl sites for hydroxylation is 1. The summed E-state index contributed by atoms with van der Waals surface area (Å²) in [7, 11) is -3.88. The van der Waals surface area contributed by atoms with Crippen molar-refractivity contribution < 1.29 is 27.3 Å². The van der Waals surface area contributed by atoms with Gasteiger partial charge in [-0.15, -0.1) is 0 Å². The second kappa shape index (κ2) is 9.38. The number of aromatic nitrogens is 1. The number of esters is 1. The molecule has 1 amide bonds. The number of nitrogens with zero attached hydrogens (tertiary/aromatic N) is 2. The van der Waals surface area contributed by atoms with Crippen LogP contribution in [0.4, 0.5) is 5.82 Å². The summed E-state index contributed by atoms with van der Waals surface area (Å²) in [6, 6.07) is 5.29. The van der Waals surface area contributed by atoms with Gasteiger partial charge in [0.15, 0.2) is 11.9 Å². The summed E-state index contributed by atoms with van der Waals surface area (Å²) in [6.45, 7) is 6.94. The Hall–Kier alpha value is -2.43. The van der Waals surface area contributed by atoms with Crippen LogP contribution in [0, 0.1) is 6.92 Å². The zero-order chi connectivity index (χ0) is 21.8. The maximum atomic E-state index is 12.7. The van der Waals surface area contributed by atoms with Crippen molar-refractivity contribution in [2.45, 2.75) is 38.7 Å². The Kier molecular flexibility index (Phi) is 7.39. The molecule has 0 aliphatic heterocycles. The number of nitrogens with one attached hydrogen (secondary N) is 1. The Morgan fingerprint density at radius 2 is 1.93 bits per heavy atom. The number of hydrogen-bond donors (Lipinski definition) is 1. The third kappa shape index (κ3) is 5.34. The predicted molar refractivity (Wildman–Crippen MR) is 106 cm³/mol. The molecule has 0 bridgehead atoms. The first-order chi connectivity index (χ1) is 13.6. The molecule has 1 aromatic carbocycles. The highest BCUT2D eigenvalue weighted by atomic mass is 35.5. The molecule has 2 rings (SSSR count). The predicted octanol–water partition coefficient (Wildman–Crippen LogP) is 2.85. The number of carbonyl (C=O) groups excluding carboxylic acids is 2. The topological polar surface area (TPSA) is 119 Å². The number of amides is 1. The lowest BCUT2D eigenvalue weighted by molar-refractivity contribution is -0.123. The average Bonchev–Trinajstić information content (AvgIpc) is 3.07. The van der Waals surface area contributed by atoms with Crippen molar-refractivity contribution in [3.8, 4) is 0 Å². The Morgan fingerprint density at radius 3 is 2.48 bits per heavy atom. The third-order valence-electron chi connectivity index (χ3n) is 4.02. The molecule has 2 aromatic rings. The van der Waals surface area contributed by atoms with Crippen molar-refractivity contribution >= 4 is 39.3 Å². The summed E-state index contributed by atoms with van der Waals surface area (Å²) in [6.07, 6.45) is -1.15. The standard InChI is InChI=1S/C18H22ClN3O6S/c1-5-22(6-2)29(25,26)15-10-13(7-8-14(15)19)18(24)27-12(4)17(23)20-16-9-11(3)28-21-16/h7-10,12H,5-6H2,1-4H3,(H,20,21,23)/t12-/m0/s1. The summed E-state index contributed by atoms with van der Waals surface area (Å²) >= 11 is 6.05. The molecule has 0 aliphatic rings. The molecule has 1 aromatic heterocycles. The van der Waals surface area contributed by atoms with Crippen LogP contribution in [0.2, 0.25) is 5.02 Å². The number of benzene rings is 1. The minimum atomic E-state index is -3.88. The maximum absolute atomic E-state index is 12.7. The van der Waals surface area contributed by atoms with Crippen LogP contribution in [-0.4, -0.2) is 48.9 Å². The summed E-state index contributed by atoms with van der Waals surface area (Å²) in [5.74, 6) is -0.782. The van der Waals surface area contributed by atoms with Crippen LogP contribution in [0.5, 0.6) is 0 Å². The molecule has 0 saturated heterocycles. The van der Waals surface area contributed by atoms with Crippen molar-refractivity contribution in [3.63, 3.8) is 0 Å². The fourth-order valence-electron chi connectivity index (χ4n) is 2.47. The molecule has 29 heavy (non-hydrogen) atoms. The summed E-state index contributed by atoms with van der Waals surface area (Å²) in [5.41, 5.74) is -0.0444. The molecule has 0 unspecified atom stereocenters. The highest BCUT2D eigenvalue weighted by molar-refractivity contribution is 7.89. The van der Waals surface area contributed by atoms with Gasteiger partial charge in [-0.05, 0) is 32.0 Å². The lowest BCUT2D eigenvalue weighted by Gasteiger charge is -2.19. The fraction of sp³-hybridized carbons (Fsp3) is 0.389. The first kappa shape index (κ1) is 22.9. The van der Waals surface area contributed by atoms with E-state index in [1.807, 2.05) is 0 Å². The van der Waals surface area contributed by atoms with Gasteiger partial charge >= 0.3 is 5.97 Å². The van der Waals surface area contributed by atoms with Crippen LogP contribution in [-0.2, 0) is 19.6 Å². The molecule has 0 aliphatic carbocycles. The van der Waals surface area contributed by atoms with E-state index in [9.17, 15) is 18.0 Å². The van der Waals surface area contributed by atoms with Crippen LogP contribution >= 0.6 is 11.6 Å². The molecular weight excluding hydrogens is 422 g/mol. The van der Waals surface area contributed by atoms with Crippen molar-refractivity contribution in [1.82, 2.24) is 9.46 Å². The number of rotatable bonds is 8. The van der Waals surface area contributed by atoms with Crippen LogP contribution in [0.3, 0.4) is 0 Å². The number of sulfonamides is 1. The molecule has 0 spiro atoms. The smallest absolute Gasteiger partial charge is 0.338 e. The molecule has 1 atom stereocenters. The first-order valence-corrected chi connectivity index (χ1v) is 10.7. The molecule has 1 N–H and O–H groups in total. The fourth-order valence-corrected chi connectivity index (χ4v) is 4.42. The third-order valence-corrected chi connectivity index (χ3v) is 6.55. The van der Waals surface area contributed by atoms with Gasteiger partial charge in [0.05, 0.1) is 10.6 Å². The number of halogens is 1. The largest absolute Gasteiger partial charge is 0.449 e. The van der Waals surface area contributed by atoms with Gasteiger partial charge in [0.2, 0.25) is 10.0 Å². The number of ether oxygens (including phenoxy) is 1. The number of anilines is 1. The van der Waals surface area contributed by atoms with Crippen LogP contribution in [0.15, 0.2) is 33.7 Å². The van der Waals surface area contributed by atoms with Gasteiger partial charge < -0.3 is 14.6 Å². The van der Waals surface area contributed by atoms with Crippen molar-refractivity contribution in [2.75, 3.05) is 18.4 Å². The number of carbonyl (C=O) groups is 2. The van der Waals surface area contributed by atoms with E-state index in [0.717, 1.165) is 6.07 Å². The zero-order valence-electron chi connectivity index (χ0n) is 16.4. The highest BCUT2D eigenvalue weighted by Gasteiger charge is 2.27. The van der Waals surface area contributed by atoms with Crippen LogP contribution in [0.25, 0.3) is 0 Å². The Balaban J connectivity index is 2.17. The van der Waals surface area contributed by atoms with E-state index in [4.69, 9.17) is 20.9 Å². The normalized spacial score (nSPS) is 12.6. The molecule has 1 heterocycles. The van der Waals surface area contributed by atoms with Gasteiger partial charge in [0, 0.05) is 19.2 Å². The second-order valence-electron chi connectivity index (χ2n) is 6.09. The quantitative estimate of drug-likeness (QED) is 0.623. The highest BCUT2D eigenvalue weighted by Crippen LogP contribution is 2.26. The van der Waals surface area contributed by atoms with E-state index < -0.39 is 28.0 Å². The van der Waals surface area contributed by atoms with Gasteiger partial charge in [-0.3, -0.25) is 4.79 Å². The lowest BCUT2D eigenvalue weighted by atomic mass is 10.2. The maximum Gasteiger partial charge on any atom is 0.338 e. The van der Waals surface area contributed by atoms with Gasteiger partial charge in [-0.2, -0.15) is 4.31 Å². The van der Waals surface area contributed by atoms with Crippen LogP contribution < -0.4 is 5.32 Å². The summed E-state index contributed by atoms with van der Waals surface area (Å²) in [5, 5.41) is 6.06. The van der Waals surface area contributed by atoms with Crippen molar-refractivity contribution in [2.24, 2.45) is 0 Å². The van der Waals surface area contributed by atoms with E-state index in [1.54, 1.807) is 20.8 Å². The second-order valence-corrected chi connectivity index (χ2v) is 8.41. The van der Waals surface area contributed by atoms with E-state index in [-0.39, 0.29) is 34.4 Å². The molecular formula is C18H22ClN3O6S. The van der Waals surface area contributed by atoms with Gasteiger partial charge in [-0.25, -0.2) is 13.2 Å². The van der Waals surface area contributed by atoms with Crippen molar-refractivity contribution in [3.05, 3.63) is 40.6 Å². The van der Waals surface area contributed by atoms with E-state index in [0.29, 0.717) is 5.76 Å². The molecule has 158 valence electrons. The van der Waals surface area contributed by atoms with E-state index in [1.165, 1.54) is 29.4 Å². The lowest BCUT2D eigenvalue weighted by Crippen LogP contribution is -2.31. The molecule has 0 saturated carbocycles. The minimum Gasteiger partial charge on any atom is -0.449 e. The Labute approximate surface area is 174 Å². The minimum absolute atomic E-state index is 0.0133. The molecule has 11 heteroatoms.